The second-order valence-corrected chi connectivity index (χ2v) is 4.35. The molecule has 1 heterocycles. The summed E-state index contributed by atoms with van der Waals surface area (Å²) in [6.45, 7) is 2.25. The number of rotatable bonds is 1. The second kappa shape index (κ2) is 3.59. The molecule has 1 saturated carbocycles. The number of hydrogen-bond acceptors (Lipinski definition) is 3. The van der Waals surface area contributed by atoms with Gasteiger partial charge in [-0.25, -0.2) is 0 Å². The SMILES string of the molecule is CC1CCC(C2OC(N)=NC2=O)CC1. The van der Waals surface area contributed by atoms with E-state index in [1.807, 2.05) is 0 Å². The topological polar surface area (TPSA) is 64.7 Å². The van der Waals surface area contributed by atoms with Gasteiger partial charge in [0.25, 0.3) is 11.9 Å². The molecule has 2 rings (SSSR count). The highest BCUT2D eigenvalue weighted by Crippen LogP contribution is 2.33. The summed E-state index contributed by atoms with van der Waals surface area (Å²) >= 11 is 0. The van der Waals surface area contributed by atoms with Crippen LogP contribution in [-0.2, 0) is 9.53 Å². The van der Waals surface area contributed by atoms with Gasteiger partial charge in [-0.15, -0.1) is 0 Å². The lowest BCUT2D eigenvalue weighted by molar-refractivity contribution is -0.125. The number of aliphatic imine (C=N–C) groups is 1. The smallest absolute Gasteiger partial charge is 0.291 e. The fourth-order valence-corrected chi connectivity index (χ4v) is 2.27. The molecule has 0 aromatic rings. The molecule has 2 N–H and O–H groups in total. The first-order valence-corrected chi connectivity index (χ1v) is 5.21. The van der Waals surface area contributed by atoms with Gasteiger partial charge in [0.05, 0.1) is 0 Å². The van der Waals surface area contributed by atoms with E-state index < -0.39 is 0 Å². The third-order valence-electron chi connectivity index (χ3n) is 3.20. The van der Waals surface area contributed by atoms with Gasteiger partial charge < -0.3 is 10.5 Å². The first-order chi connectivity index (χ1) is 6.66. The highest BCUT2D eigenvalue weighted by molar-refractivity contribution is 5.97. The van der Waals surface area contributed by atoms with Crippen LogP contribution >= 0.6 is 0 Å². The van der Waals surface area contributed by atoms with Crippen LogP contribution in [0.4, 0.5) is 0 Å². The van der Waals surface area contributed by atoms with E-state index in [0.29, 0.717) is 5.92 Å². The van der Waals surface area contributed by atoms with Gasteiger partial charge in [0.15, 0.2) is 6.10 Å². The number of nitrogens with two attached hydrogens (primary N) is 1. The minimum Gasteiger partial charge on any atom is -0.451 e. The lowest BCUT2D eigenvalue weighted by Gasteiger charge is -2.28. The maximum absolute atomic E-state index is 11.4. The Bertz CT molecular complexity index is 267. The van der Waals surface area contributed by atoms with E-state index in [0.717, 1.165) is 18.8 Å². The molecule has 0 aromatic carbocycles. The zero-order chi connectivity index (χ0) is 10.1. The molecule has 0 bridgehead atoms. The summed E-state index contributed by atoms with van der Waals surface area (Å²) in [5.74, 6) is 0.909. The van der Waals surface area contributed by atoms with Crippen LogP contribution < -0.4 is 5.73 Å². The summed E-state index contributed by atoms with van der Waals surface area (Å²) in [7, 11) is 0. The molecule has 4 nitrogen and oxygen atoms in total. The molecule has 0 spiro atoms. The Kier molecular flexibility index (Phi) is 2.44. The summed E-state index contributed by atoms with van der Waals surface area (Å²) < 4.78 is 5.23. The van der Waals surface area contributed by atoms with Crippen molar-refractivity contribution in [3.8, 4) is 0 Å². The van der Waals surface area contributed by atoms with E-state index >= 15 is 0 Å². The predicted octanol–water partition coefficient (Wildman–Crippen LogP) is 1.05. The molecular weight excluding hydrogens is 180 g/mol. The molecule has 1 aliphatic heterocycles. The van der Waals surface area contributed by atoms with Gasteiger partial charge >= 0.3 is 0 Å². The first-order valence-electron chi connectivity index (χ1n) is 5.21. The average Bonchev–Trinajstić information content (AvgIpc) is 2.47. The van der Waals surface area contributed by atoms with Crippen molar-refractivity contribution in [2.75, 3.05) is 0 Å². The molecule has 14 heavy (non-hydrogen) atoms. The van der Waals surface area contributed by atoms with Crippen molar-refractivity contribution in [3.05, 3.63) is 0 Å². The van der Waals surface area contributed by atoms with Gasteiger partial charge in [-0.1, -0.05) is 19.8 Å². The molecule has 0 saturated heterocycles. The molecule has 4 heteroatoms. The average molecular weight is 196 g/mol. The minimum absolute atomic E-state index is 0.0404. The van der Waals surface area contributed by atoms with Crippen molar-refractivity contribution in [3.63, 3.8) is 0 Å². The van der Waals surface area contributed by atoms with Crippen molar-refractivity contribution in [2.24, 2.45) is 22.6 Å². The molecule has 1 amide bonds. The standard InChI is InChI=1S/C10H16N2O2/c1-6-2-4-7(5-3-6)8-9(13)12-10(11)14-8/h6-8H,2-5H2,1H3,(H2,11,12,13). The maximum atomic E-state index is 11.4. The Balaban J connectivity index is 1.94. The van der Waals surface area contributed by atoms with Gasteiger partial charge in [0, 0.05) is 5.92 Å². The normalized spacial score (nSPS) is 37.9. The van der Waals surface area contributed by atoms with Gasteiger partial charge in [0.2, 0.25) is 0 Å². The van der Waals surface area contributed by atoms with Crippen molar-refractivity contribution in [1.29, 1.82) is 0 Å². The number of carbonyl (C=O) groups is 1. The summed E-state index contributed by atoms with van der Waals surface area (Å²) in [5.41, 5.74) is 5.36. The fraction of sp³-hybridized carbons (Fsp3) is 0.800. The monoisotopic (exact) mass is 196 g/mol. The number of ether oxygens (including phenoxy) is 1. The molecule has 1 fully saturated rings. The number of hydrogen-bond donors (Lipinski definition) is 1. The lowest BCUT2D eigenvalue weighted by atomic mass is 9.80. The van der Waals surface area contributed by atoms with Crippen molar-refractivity contribution < 1.29 is 9.53 Å². The Morgan fingerprint density at radius 1 is 1.36 bits per heavy atom. The van der Waals surface area contributed by atoms with Crippen LogP contribution in [0.15, 0.2) is 4.99 Å². The first kappa shape index (κ1) is 9.49. The number of nitrogens with zero attached hydrogens (tertiary/aromatic N) is 1. The van der Waals surface area contributed by atoms with Crippen LogP contribution in [0.1, 0.15) is 32.6 Å². The quantitative estimate of drug-likeness (QED) is 0.681. The van der Waals surface area contributed by atoms with Crippen LogP contribution in [0.25, 0.3) is 0 Å². The van der Waals surface area contributed by atoms with E-state index in [1.54, 1.807) is 0 Å². The van der Waals surface area contributed by atoms with Crippen LogP contribution in [0.2, 0.25) is 0 Å². The molecule has 1 unspecified atom stereocenters. The van der Waals surface area contributed by atoms with Crippen molar-refractivity contribution in [2.45, 2.75) is 38.7 Å². The molecular formula is C10H16N2O2. The van der Waals surface area contributed by atoms with Gasteiger partial charge in [-0.3, -0.25) is 4.79 Å². The van der Waals surface area contributed by atoms with Gasteiger partial charge in [0.1, 0.15) is 0 Å². The highest BCUT2D eigenvalue weighted by atomic mass is 16.5. The summed E-state index contributed by atoms with van der Waals surface area (Å²) in [5, 5.41) is 0. The van der Waals surface area contributed by atoms with E-state index in [2.05, 4.69) is 11.9 Å². The summed E-state index contributed by atoms with van der Waals surface area (Å²) in [6.07, 6.45) is 4.08. The van der Waals surface area contributed by atoms with E-state index in [4.69, 9.17) is 10.5 Å². The molecule has 2 aliphatic rings. The second-order valence-electron chi connectivity index (χ2n) is 4.35. The Labute approximate surface area is 83.5 Å². The highest BCUT2D eigenvalue weighted by Gasteiger charge is 2.36. The van der Waals surface area contributed by atoms with Crippen LogP contribution in [0.5, 0.6) is 0 Å². The molecule has 1 atom stereocenters. The maximum Gasteiger partial charge on any atom is 0.291 e. The lowest BCUT2D eigenvalue weighted by Crippen LogP contribution is -2.32. The Morgan fingerprint density at radius 2 is 2.00 bits per heavy atom. The minimum atomic E-state index is -0.387. The number of carbonyl (C=O) groups excluding carboxylic acids is 1. The third-order valence-corrected chi connectivity index (χ3v) is 3.20. The molecule has 1 aliphatic carbocycles. The van der Waals surface area contributed by atoms with Crippen molar-refractivity contribution >= 4 is 11.9 Å². The zero-order valence-corrected chi connectivity index (χ0v) is 8.40. The summed E-state index contributed by atoms with van der Waals surface area (Å²) in [4.78, 5) is 15.0. The Hall–Kier alpha value is -1.06. The van der Waals surface area contributed by atoms with E-state index in [1.165, 1.54) is 12.8 Å². The van der Waals surface area contributed by atoms with Crippen LogP contribution in [0.3, 0.4) is 0 Å². The summed E-state index contributed by atoms with van der Waals surface area (Å²) in [6, 6.07) is 0.0404. The number of amides is 1. The molecule has 0 aromatic heterocycles. The fourth-order valence-electron chi connectivity index (χ4n) is 2.27. The van der Waals surface area contributed by atoms with Crippen LogP contribution in [-0.4, -0.2) is 18.0 Å². The zero-order valence-electron chi connectivity index (χ0n) is 8.40. The molecule has 0 radical (unpaired) electrons. The number of amidine groups is 1. The third kappa shape index (κ3) is 1.74. The van der Waals surface area contributed by atoms with E-state index in [9.17, 15) is 4.79 Å². The van der Waals surface area contributed by atoms with Crippen molar-refractivity contribution in [1.82, 2.24) is 0 Å². The Morgan fingerprint density at radius 3 is 2.50 bits per heavy atom. The van der Waals surface area contributed by atoms with Gasteiger partial charge in [-0.2, -0.15) is 4.99 Å². The van der Waals surface area contributed by atoms with Gasteiger partial charge in [-0.05, 0) is 18.8 Å². The van der Waals surface area contributed by atoms with E-state index in [-0.39, 0.29) is 18.0 Å². The largest absolute Gasteiger partial charge is 0.451 e. The molecule has 78 valence electrons. The predicted molar refractivity (Wildman–Crippen MR) is 52.6 cm³/mol. The van der Waals surface area contributed by atoms with Crippen LogP contribution in [0, 0.1) is 11.8 Å².